The van der Waals surface area contributed by atoms with E-state index >= 15 is 0 Å². The Morgan fingerprint density at radius 1 is 1.30 bits per heavy atom. The van der Waals surface area contributed by atoms with Crippen LogP contribution in [0.3, 0.4) is 0 Å². The van der Waals surface area contributed by atoms with Crippen molar-refractivity contribution in [1.82, 2.24) is 10.0 Å². The van der Waals surface area contributed by atoms with Gasteiger partial charge < -0.3 is 5.32 Å². The molecule has 8 heteroatoms. The van der Waals surface area contributed by atoms with Crippen LogP contribution in [0.2, 0.25) is 0 Å². The second-order valence-electron chi connectivity index (χ2n) is 7.25. The summed E-state index contributed by atoms with van der Waals surface area (Å²) in [6.07, 6.45) is 4.78. The normalized spacial score (nSPS) is 17.7. The maximum atomic E-state index is 12.5. The standard InChI is InChI=1S/C19H26N4O3S/c1-15(23-27(25,26)16-8-4-3-5-9-16)22-17(18(24)21-13-12-20)14-19(2)10-6-7-11-19/h3-5,8-9,17H,6-7,10-11,13-14H2,1-2H3,(H,21,24)(H,22,23)/t17-/m0/s1. The average Bonchev–Trinajstić information content (AvgIpc) is 3.05. The lowest BCUT2D eigenvalue weighted by Gasteiger charge is -2.27. The van der Waals surface area contributed by atoms with Crippen LogP contribution in [0.1, 0.15) is 46.0 Å². The topological polar surface area (TPSA) is 111 Å². The first-order valence-corrected chi connectivity index (χ1v) is 10.5. The lowest BCUT2D eigenvalue weighted by molar-refractivity contribution is -0.122. The van der Waals surface area contributed by atoms with E-state index in [1.165, 1.54) is 19.1 Å². The van der Waals surface area contributed by atoms with Gasteiger partial charge in [0.15, 0.2) is 0 Å². The molecule has 0 radical (unpaired) electrons. The maximum absolute atomic E-state index is 12.5. The number of hydrogen-bond donors (Lipinski definition) is 2. The number of aliphatic imine (C=N–C) groups is 1. The zero-order valence-corrected chi connectivity index (χ0v) is 16.6. The molecule has 0 aliphatic heterocycles. The van der Waals surface area contributed by atoms with Crippen LogP contribution in [0.15, 0.2) is 40.2 Å². The molecule has 0 bridgehead atoms. The number of carbonyl (C=O) groups excluding carboxylic acids is 1. The molecule has 0 heterocycles. The second kappa shape index (κ2) is 9.00. The monoisotopic (exact) mass is 390 g/mol. The van der Waals surface area contributed by atoms with Gasteiger partial charge in [-0.1, -0.05) is 38.0 Å². The first kappa shape index (κ1) is 20.9. The number of sulfonamides is 1. The number of hydrogen-bond acceptors (Lipinski definition) is 5. The van der Waals surface area contributed by atoms with E-state index in [1.807, 2.05) is 6.07 Å². The van der Waals surface area contributed by atoms with E-state index in [-0.39, 0.29) is 28.6 Å². The lowest BCUT2D eigenvalue weighted by Crippen LogP contribution is -2.39. The van der Waals surface area contributed by atoms with Gasteiger partial charge in [-0.3, -0.25) is 14.5 Å². The van der Waals surface area contributed by atoms with E-state index in [0.717, 1.165) is 25.7 Å². The number of amides is 1. The molecule has 1 aliphatic carbocycles. The van der Waals surface area contributed by atoms with Gasteiger partial charge in [0, 0.05) is 0 Å². The predicted octanol–water partition coefficient (Wildman–Crippen LogP) is 2.36. The van der Waals surface area contributed by atoms with Crippen molar-refractivity contribution in [1.29, 1.82) is 5.26 Å². The zero-order valence-electron chi connectivity index (χ0n) is 15.7. The third-order valence-corrected chi connectivity index (χ3v) is 6.28. The van der Waals surface area contributed by atoms with Crippen LogP contribution in [0.5, 0.6) is 0 Å². The molecule has 27 heavy (non-hydrogen) atoms. The number of amidine groups is 1. The molecule has 0 spiro atoms. The molecule has 1 aromatic rings. The van der Waals surface area contributed by atoms with Crippen molar-refractivity contribution in [3.8, 4) is 6.07 Å². The Morgan fingerprint density at radius 3 is 2.52 bits per heavy atom. The fourth-order valence-electron chi connectivity index (χ4n) is 3.45. The van der Waals surface area contributed by atoms with Gasteiger partial charge in [0.25, 0.3) is 10.0 Å². The Bertz CT molecular complexity index is 822. The molecule has 1 saturated carbocycles. The number of nitrogens with one attached hydrogen (secondary N) is 2. The van der Waals surface area contributed by atoms with Crippen molar-refractivity contribution in [2.45, 2.75) is 56.9 Å². The first-order chi connectivity index (χ1) is 12.8. The van der Waals surface area contributed by atoms with Gasteiger partial charge in [-0.25, -0.2) is 8.42 Å². The zero-order chi connectivity index (χ0) is 19.9. The molecule has 1 aliphatic rings. The van der Waals surface area contributed by atoms with E-state index in [0.29, 0.717) is 6.42 Å². The Balaban J connectivity index is 2.18. The molecule has 0 aromatic heterocycles. The van der Waals surface area contributed by atoms with Gasteiger partial charge in [0.05, 0.1) is 11.0 Å². The minimum absolute atomic E-state index is 0.00324. The van der Waals surface area contributed by atoms with E-state index < -0.39 is 16.1 Å². The van der Waals surface area contributed by atoms with Crippen molar-refractivity contribution >= 4 is 21.8 Å². The van der Waals surface area contributed by atoms with Crippen LogP contribution in [0, 0.1) is 16.7 Å². The van der Waals surface area contributed by atoms with E-state index in [1.54, 1.807) is 18.2 Å². The number of rotatable bonds is 7. The summed E-state index contributed by atoms with van der Waals surface area (Å²) in [6.45, 7) is 3.56. The van der Waals surface area contributed by atoms with Crippen LogP contribution in [0.4, 0.5) is 0 Å². The summed E-state index contributed by atoms with van der Waals surface area (Å²) in [5, 5.41) is 11.2. The molecule has 146 valence electrons. The minimum Gasteiger partial charge on any atom is -0.341 e. The van der Waals surface area contributed by atoms with Crippen molar-refractivity contribution in [3.63, 3.8) is 0 Å². The molecule has 2 N–H and O–H groups in total. The van der Waals surface area contributed by atoms with Crippen LogP contribution in [-0.2, 0) is 14.8 Å². The number of nitriles is 1. The maximum Gasteiger partial charge on any atom is 0.262 e. The summed E-state index contributed by atoms with van der Waals surface area (Å²) < 4.78 is 27.3. The Kier molecular flexibility index (Phi) is 6.97. The van der Waals surface area contributed by atoms with Crippen LogP contribution in [0.25, 0.3) is 0 Å². The second-order valence-corrected chi connectivity index (χ2v) is 8.93. The summed E-state index contributed by atoms with van der Waals surface area (Å²) >= 11 is 0. The van der Waals surface area contributed by atoms with Gasteiger partial charge in [-0.15, -0.1) is 0 Å². The summed E-state index contributed by atoms with van der Waals surface area (Å²) in [4.78, 5) is 16.9. The summed E-state index contributed by atoms with van der Waals surface area (Å²) in [7, 11) is -3.76. The minimum atomic E-state index is -3.76. The van der Waals surface area contributed by atoms with Crippen LogP contribution < -0.4 is 10.0 Å². The van der Waals surface area contributed by atoms with Crippen LogP contribution >= 0.6 is 0 Å². The lowest BCUT2D eigenvalue weighted by atomic mass is 9.82. The van der Waals surface area contributed by atoms with Gasteiger partial charge in [0.1, 0.15) is 18.4 Å². The van der Waals surface area contributed by atoms with Crippen molar-refractivity contribution in [3.05, 3.63) is 30.3 Å². The molecule has 0 saturated heterocycles. The van der Waals surface area contributed by atoms with Crippen molar-refractivity contribution in [2.24, 2.45) is 10.4 Å². The molecular weight excluding hydrogens is 364 g/mol. The Labute approximate surface area is 160 Å². The molecular formula is C19H26N4O3S. The summed E-state index contributed by atoms with van der Waals surface area (Å²) in [5.74, 6) is -0.208. The molecule has 2 rings (SSSR count). The predicted molar refractivity (Wildman–Crippen MR) is 103 cm³/mol. The molecule has 7 nitrogen and oxygen atoms in total. The van der Waals surface area contributed by atoms with Crippen LogP contribution in [-0.4, -0.2) is 32.7 Å². The molecule has 1 aromatic carbocycles. The van der Waals surface area contributed by atoms with Crippen molar-refractivity contribution < 1.29 is 13.2 Å². The number of benzene rings is 1. The Hall–Kier alpha value is -2.40. The van der Waals surface area contributed by atoms with E-state index in [2.05, 4.69) is 22.0 Å². The highest BCUT2D eigenvalue weighted by Crippen LogP contribution is 2.41. The smallest absolute Gasteiger partial charge is 0.262 e. The summed E-state index contributed by atoms with van der Waals surface area (Å²) in [6, 6.07) is 9.14. The fourth-order valence-corrected chi connectivity index (χ4v) is 4.53. The Morgan fingerprint density at radius 2 is 1.93 bits per heavy atom. The van der Waals surface area contributed by atoms with Gasteiger partial charge >= 0.3 is 0 Å². The fraction of sp³-hybridized carbons (Fsp3) is 0.526. The quantitative estimate of drug-likeness (QED) is 0.423. The van der Waals surface area contributed by atoms with Gasteiger partial charge in [-0.2, -0.15) is 5.26 Å². The van der Waals surface area contributed by atoms with Gasteiger partial charge in [0.2, 0.25) is 5.91 Å². The molecule has 1 amide bonds. The number of nitrogens with zero attached hydrogens (tertiary/aromatic N) is 2. The van der Waals surface area contributed by atoms with E-state index in [4.69, 9.17) is 5.26 Å². The highest BCUT2D eigenvalue weighted by atomic mass is 32.2. The SMILES string of the molecule is CC(=N[C@@H](CC1(C)CCCC1)C(=O)NCC#N)NS(=O)(=O)c1ccccc1. The molecule has 0 unspecified atom stereocenters. The van der Waals surface area contributed by atoms with Crippen molar-refractivity contribution in [2.75, 3.05) is 6.54 Å². The summed E-state index contributed by atoms with van der Waals surface area (Å²) in [5.41, 5.74) is -0.00324. The molecule has 1 atom stereocenters. The third-order valence-electron chi connectivity index (χ3n) is 4.83. The molecule has 1 fully saturated rings. The van der Waals surface area contributed by atoms with Gasteiger partial charge in [-0.05, 0) is 43.7 Å². The third kappa shape index (κ3) is 6.07. The largest absolute Gasteiger partial charge is 0.341 e. The average molecular weight is 391 g/mol. The first-order valence-electron chi connectivity index (χ1n) is 9.03. The van der Waals surface area contributed by atoms with E-state index in [9.17, 15) is 13.2 Å². The highest BCUT2D eigenvalue weighted by molar-refractivity contribution is 7.90. The highest BCUT2D eigenvalue weighted by Gasteiger charge is 2.34. The number of carbonyl (C=O) groups is 1.